The number of rotatable bonds is 13. The van der Waals surface area contributed by atoms with Gasteiger partial charge in [0.1, 0.15) is 12.2 Å². The number of hydrogen-bond acceptors (Lipinski definition) is 6. The monoisotopic (exact) mass is 551 g/mol. The maximum absolute atomic E-state index is 13.6. The van der Waals surface area contributed by atoms with E-state index < -0.39 is 29.6 Å². The fraction of sp³-hybridized carbons (Fsp3) is 0.433. The van der Waals surface area contributed by atoms with Crippen LogP contribution < -0.4 is 27.0 Å². The number of amides is 3. The van der Waals surface area contributed by atoms with Crippen molar-refractivity contribution >= 4 is 39.6 Å². The van der Waals surface area contributed by atoms with E-state index in [1.807, 2.05) is 61.8 Å². The van der Waals surface area contributed by atoms with Crippen molar-refractivity contribution in [3.05, 3.63) is 71.2 Å². The smallest absolute Gasteiger partial charge is 0.244 e. The summed E-state index contributed by atoms with van der Waals surface area (Å²) in [6.07, 6.45) is 11.1. The van der Waals surface area contributed by atoms with Crippen molar-refractivity contribution in [1.29, 1.82) is 0 Å². The van der Waals surface area contributed by atoms with Crippen LogP contribution in [-0.4, -0.2) is 49.1 Å². The summed E-state index contributed by atoms with van der Waals surface area (Å²) >= 11 is 1.59. The summed E-state index contributed by atoms with van der Waals surface area (Å²) in [4.78, 5) is 38.0. The Morgan fingerprint density at radius 2 is 1.87 bits per heavy atom. The molecule has 1 aromatic carbocycles. The van der Waals surface area contributed by atoms with Crippen LogP contribution in [0, 0.1) is 11.8 Å². The van der Waals surface area contributed by atoms with Gasteiger partial charge in [-0.15, -0.1) is 11.3 Å². The molecule has 8 nitrogen and oxygen atoms in total. The highest BCUT2D eigenvalue weighted by Crippen LogP contribution is 2.32. The van der Waals surface area contributed by atoms with Crippen molar-refractivity contribution in [1.82, 2.24) is 21.3 Å². The normalized spacial score (nSPS) is 19.8. The molecule has 0 aliphatic heterocycles. The molecular formula is C30H41N5O3S. The van der Waals surface area contributed by atoms with Gasteiger partial charge in [0.05, 0.1) is 5.54 Å². The summed E-state index contributed by atoms with van der Waals surface area (Å²) in [6.45, 7) is 7.30. The molecule has 0 radical (unpaired) electrons. The van der Waals surface area contributed by atoms with Gasteiger partial charge in [0.2, 0.25) is 18.2 Å². The Morgan fingerprint density at radius 3 is 2.54 bits per heavy atom. The van der Waals surface area contributed by atoms with Crippen molar-refractivity contribution in [2.24, 2.45) is 17.6 Å². The number of nitrogens with one attached hydrogen (secondary N) is 4. The van der Waals surface area contributed by atoms with Gasteiger partial charge in [-0.2, -0.15) is 0 Å². The van der Waals surface area contributed by atoms with Crippen LogP contribution in [-0.2, 0) is 20.8 Å². The first-order chi connectivity index (χ1) is 18.6. The Morgan fingerprint density at radius 1 is 1.15 bits per heavy atom. The molecule has 1 aromatic heterocycles. The molecule has 0 saturated heterocycles. The molecule has 0 saturated carbocycles. The standard InChI is InChI=1S/C30H41N5O3S/c1-6-20(23-12-8-7-11-22(23)19(2)32-5)16-27(33-18-36)35-28(37)25(34-29(38)30(3,4)31)15-21-17-39-26-14-10-9-13-24(21)26/h6-14,17-19,22-23,25,27,32H,15-16,31H2,1-5H3,(H,33,36)(H,34,38)(H,35,37)/b20-6-/t19?,22?,23?,25-,27-/m1/s1. The van der Waals surface area contributed by atoms with Crippen LogP contribution >= 0.6 is 11.3 Å². The van der Waals surface area contributed by atoms with Gasteiger partial charge in [0, 0.05) is 35.4 Å². The maximum Gasteiger partial charge on any atom is 0.244 e. The minimum Gasteiger partial charge on any atom is -0.342 e. The number of thiophene rings is 1. The number of hydrogen-bond donors (Lipinski definition) is 5. The first-order valence-corrected chi connectivity index (χ1v) is 14.2. The highest BCUT2D eigenvalue weighted by molar-refractivity contribution is 7.17. The summed E-state index contributed by atoms with van der Waals surface area (Å²) in [7, 11) is 1.94. The predicted octanol–water partition coefficient (Wildman–Crippen LogP) is 3.16. The number of carbonyl (C=O) groups is 3. The highest BCUT2D eigenvalue weighted by Gasteiger charge is 2.31. The van der Waals surface area contributed by atoms with E-state index in [9.17, 15) is 14.4 Å². The van der Waals surface area contributed by atoms with Crippen molar-refractivity contribution < 1.29 is 14.4 Å². The molecule has 9 heteroatoms. The molecular weight excluding hydrogens is 510 g/mol. The molecule has 6 N–H and O–H groups in total. The first kappa shape index (κ1) is 30.3. The Kier molecular flexibility index (Phi) is 10.6. The van der Waals surface area contributed by atoms with Crippen molar-refractivity contribution in [3.8, 4) is 0 Å². The second-order valence-corrected chi connectivity index (χ2v) is 11.5. The summed E-state index contributed by atoms with van der Waals surface area (Å²) in [5, 5.41) is 14.9. The van der Waals surface area contributed by atoms with E-state index in [4.69, 9.17) is 5.73 Å². The number of fused-ring (bicyclic) bond motifs is 1. The van der Waals surface area contributed by atoms with E-state index in [2.05, 4.69) is 40.3 Å². The second-order valence-electron chi connectivity index (χ2n) is 10.6. The van der Waals surface area contributed by atoms with E-state index >= 15 is 0 Å². The Bertz CT molecular complexity index is 1240. The van der Waals surface area contributed by atoms with Gasteiger partial charge in [0.15, 0.2) is 0 Å². The van der Waals surface area contributed by atoms with E-state index in [0.29, 0.717) is 19.3 Å². The lowest BCUT2D eigenvalue weighted by molar-refractivity contribution is -0.131. The average molecular weight is 552 g/mol. The number of allylic oxidation sites excluding steroid dienone is 4. The van der Waals surface area contributed by atoms with Crippen LogP contribution in [0.15, 0.2) is 65.6 Å². The minimum atomic E-state index is -1.16. The number of nitrogens with two attached hydrogens (primary N) is 1. The van der Waals surface area contributed by atoms with Gasteiger partial charge in [-0.25, -0.2) is 0 Å². The molecule has 5 atom stereocenters. The van der Waals surface area contributed by atoms with Gasteiger partial charge in [-0.05, 0) is 57.1 Å². The molecule has 3 unspecified atom stereocenters. The van der Waals surface area contributed by atoms with Crippen LogP contribution in [0.1, 0.15) is 39.7 Å². The Balaban J connectivity index is 1.82. The highest BCUT2D eigenvalue weighted by atomic mass is 32.1. The fourth-order valence-corrected chi connectivity index (χ4v) is 5.79. The number of benzene rings is 1. The number of carbonyl (C=O) groups excluding carboxylic acids is 3. The van der Waals surface area contributed by atoms with E-state index in [-0.39, 0.29) is 17.9 Å². The van der Waals surface area contributed by atoms with Crippen molar-refractivity contribution in [3.63, 3.8) is 0 Å². The van der Waals surface area contributed by atoms with Crippen molar-refractivity contribution in [2.45, 2.75) is 64.3 Å². The lowest BCUT2D eigenvalue weighted by atomic mass is 9.77. The topological polar surface area (TPSA) is 125 Å². The molecule has 0 fully saturated rings. The summed E-state index contributed by atoms with van der Waals surface area (Å²) in [5.74, 6) is -0.485. The third-order valence-corrected chi connectivity index (χ3v) is 8.24. The van der Waals surface area contributed by atoms with Gasteiger partial charge in [-0.1, -0.05) is 54.2 Å². The van der Waals surface area contributed by atoms with E-state index in [0.717, 1.165) is 21.2 Å². The molecule has 3 rings (SSSR count). The predicted molar refractivity (Wildman–Crippen MR) is 159 cm³/mol. The molecule has 1 aliphatic carbocycles. The van der Waals surface area contributed by atoms with Crippen LogP contribution in [0.3, 0.4) is 0 Å². The zero-order valence-electron chi connectivity index (χ0n) is 23.4. The third kappa shape index (κ3) is 7.88. The van der Waals surface area contributed by atoms with Crippen LogP contribution in [0.4, 0.5) is 0 Å². The lowest BCUT2D eigenvalue weighted by Gasteiger charge is -2.33. The third-order valence-electron chi connectivity index (χ3n) is 7.23. The quantitative estimate of drug-likeness (QED) is 0.149. The van der Waals surface area contributed by atoms with E-state index in [1.54, 1.807) is 25.2 Å². The Labute approximate surface area is 235 Å². The summed E-state index contributed by atoms with van der Waals surface area (Å²) in [6, 6.07) is 7.32. The van der Waals surface area contributed by atoms with Gasteiger partial charge < -0.3 is 27.0 Å². The van der Waals surface area contributed by atoms with Crippen LogP contribution in [0.25, 0.3) is 10.1 Å². The average Bonchev–Trinajstić information content (AvgIpc) is 3.33. The zero-order chi connectivity index (χ0) is 28.6. The zero-order valence-corrected chi connectivity index (χ0v) is 24.2. The van der Waals surface area contributed by atoms with Gasteiger partial charge >= 0.3 is 0 Å². The molecule has 0 bridgehead atoms. The molecule has 39 heavy (non-hydrogen) atoms. The van der Waals surface area contributed by atoms with Crippen LogP contribution in [0.2, 0.25) is 0 Å². The molecule has 1 aliphatic rings. The molecule has 210 valence electrons. The SMILES string of the molecule is C/C=C(/C[C@H](NC=O)NC(=O)[C@@H](Cc1csc2ccccc12)NC(=O)C(C)(C)N)C1C=CC=CC1C(C)NC. The second kappa shape index (κ2) is 13.7. The lowest BCUT2D eigenvalue weighted by Crippen LogP contribution is -2.58. The summed E-state index contributed by atoms with van der Waals surface area (Å²) in [5.41, 5.74) is 6.93. The fourth-order valence-electron chi connectivity index (χ4n) is 4.82. The van der Waals surface area contributed by atoms with Crippen LogP contribution in [0.5, 0.6) is 0 Å². The van der Waals surface area contributed by atoms with Gasteiger partial charge in [0.25, 0.3) is 0 Å². The maximum atomic E-state index is 13.6. The van der Waals surface area contributed by atoms with E-state index in [1.165, 1.54) is 0 Å². The largest absolute Gasteiger partial charge is 0.342 e. The van der Waals surface area contributed by atoms with Gasteiger partial charge in [-0.3, -0.25) is 14.4 Å². The van der Waals surface area contributed by atoms with Crippen molar-refractivity contribution in [2.75, 3.05) is 7.05 Å². The summed E-state index contributed by atoms with van der Waals surface area (Å²) < 4.78 is 1.11. The first-order valence-electron chi connectivity index (χ1n) is 13.3. The molecule has 2 aromatic rings. The Hall–Kier alpha value is -3.27. The minimum absolute atomic E-state index is 0.112. The molecule has 3 amide bonds. The molecule has 1 heterocycles. The molecule has 0 spiro atoms.